The molecular formula is C16H20Cl2N2O2. The number of benzene rings is 1. The molecule has 1 aliphatic rings. The van der Waals surface area contributed by atoms with Crippen molar-refractivity contribution in [3.63, 3.8) is 0 Å². The highest BCUT2D eigenvalue weighted by atomic mass is 35.5. The highest BCUT2D eigenvalue weighted by Crippen LogP contribution is 2.26. The van der Waals surface area contributed by atoms with E-state index >= 15 is 0 Å². The molecular weight excluding hydrogens is 323 g/mol. The number of nitrogens with one attached hydrogen (secondary N) is 1. The number of halogens is 2. The Morgan fingerprint density at radius 3 is 2.77 bits per heavy atom. The van der Waals surface area contributed by atoms with E-state index in [0.29, 0.717) is 15.7 Å². The maximum absolute atomic E-state index is 12.3. The van der Waals surface area contributed by atoms with Crippen LogP contribution in [0.1, 0.15) is 39.0 Å². The van der Waals surface area contributed by atoms with Crippen LogP contribution in [0.3, 0.4) is 0 Å². The lowest BCUT2D eigenvalue weighted by molar-refractivity contribution is -0.137. The van der Waals surface area contributed by atoms with Gasteiger partial charge in [-0.2, -0.15) is 0 Å². The fourth-order valence-corrected chi connectivity index (χ4v) is 3.23. The summed E-state index contributed by atoms with van der Waals surface area (Å²) < 4.78 is 0. The molecule has 1 aliphatic heterocycles. The van der Waals surface area contributed by atoms with Crippen LogP contribution in [0.4, 0.5) is 5.69 Å². The fraction of sp³-hybridized carbons (Fsp3) is 0.500. The van der Waals surface area contributed by atoms with Crippen LogP contribution in [0.15, 0.2) is 18.2 Å². The smallest absolute Gasteiger partial charge is 0.233 e. The van der Waals surface area contributed by atoms with Crippen molar-refractivity contribution in [3.8, 4) is 0 Å². The van der Waals surface area contributed by atoms with E-state index in [9.17, 15) is 9.59 Å². The highest BCUT2D eigenvalue weighted by molar-refractivity contribution is 6.36. The molecule has 0 aliphatic carbocycles. The van der Waals surface area contributed by atoms with E-state index in [1.165, 1.54) is 0 Å². The van der Waals surface area contributed by atoms with E-state index in [1.807, 2.05) is 4.90 Å². The molecule has 2 amide bonds. The second-order valence-corrected chi connectivity index (χ2v) is 6.34. The number of hydrogen-bond donors (Lipinski definition) is 1. The van der Waals surface area contributed by atoms with Gasteiger partial charge in [-0.05, 0) is 43.9 Å². The van der Waals surface area contributed by atoms with Crippen LogP contribution in [0.25, 0.3) is 0 Å². The molecule has 1 saturated heterocycles. The maximum Gasteiger partial charge on any atom is 0.233 e. The molecule has 0 radical (unpaired) electrons. The number of rotatable bonds is 4. The molecule has 6 heteroatoms. The van der Waals surface area contributed by atoms with Gasteiger partial charge in [0.1, 0.15) is 6.42 Å². The molecule has 0 bridgehead atoms. The number of carbonyl (C=O) groups is 2. The minimum absolute atomic E-state index is 0.117. The van der Waals surface area contributed by atoms with Gasteiger partial charge in [0, 0.05) is 17.6 Å². The Morgan fingerprint density at radius 2 is 2.09 bits per heavy atom. The van der Waals surface area contributed by atoms with E-state index in [1.54, 1.807) is 18.2 Å². The second-order valence-electron chi connectivity index (χ2n) is 5.49. The minimum Gasteiger partial charge on any atom is -0.339 e. The van der Waals surface area contributed by atoms with Crippen molar-refractivity contribution in [2.75, 3.05) is 11.9 Å². The van der Waals surface area contributed by atoms with Crippen molar-refractivity contribution in [1.82, 2.24) is 4.90 Å². The minimum atomic E-state index is -0.352. The summed E-state index contributed by atoms with van der Waals surface area (Å²) in [6, 6.07) is 5.08. The lowest BCUT2D eigenvalue weighted by Gasteiger charge is -2.35. The van der Waals surface area contributed by atoms with Crippen molar-refractivity contribution in [3.05, 3.63) is 28.2 Å². The van der Waals surface area contributed by atoms with E-state index in [-0.39, 0.29) is 24.3 Å². The summed E-state index contributed by atoms with van der Waals surface area (Å²) in [6.07, 6.45) is 3.94. The maximum atomic E-state index is 12.3. The Bertz CT molecular complexity index is 563. The van der Waals surface area contributed by atoms with Crippen LogP contribution in [0, 0.1) is 0 Å². The number of likely N-dealkylation sites (tertiary alicyclic amines) is 1. The van der Waals surface area contributed by atoms with Gasteiger partial charge in [0.15, 0.2) is 0 Å². The summed E-state index contributed by atoms with van der Waals surface area (Å²) in [5, 5.41) is 3.52. The van der Waals surface area contributed by atoms with Crippen LogP contribution in [-0.2, 0) is 9.59 Å². The molecule has 22 heavy (non-hydrogen) atoms. The zero-order valence-electron chi connectivity index (χ0n) is 12.6. The van der Waals surface area contributed by atoms with Crippen LogP contribution in [-0.4, -0.2) is 29.3 Å². The standard InChI is InChI=1S/C16H20Cl2N2O2/c1-2-12-5-3-4-8-20(12)16(22)10-15(21)19-14-7-6-11(17)9-13(14)18/h6-7,9,12H,2-5,8,10H2,1H3,(H,19,21). The first-order valence-corrected chi connectivity index (χ1v) is 8.31. The molecule has 1 N–H and O–H groups in total. The number of hydrogen-bond acceptors (Lipinski definition) is 2. The molecule has 1 heterocycles. The third kappa shape index (κ3) is 4.37. The number of piperidine rings is 1. The Morgan fingerprint density at radius 1 is 1.32 bits per heavy atom. The first kappa shape index (κ1) is 17.1. The summed E-state index contributed by atoms with van der Waals surface area (Å²) in [5.74, 6) is -0.469. The van der Waals surface area contributed by atoms with Gasteiger partial charge in [-0.15, -0.1) is 0 Å². The Balaban J connectivity index is 1.94. The molecule has 1 fully saturated rings. The summed E-state index contributed by atoms with van der Waals surface area (Å²) in [6.45, 7) is 2.82. The third-order valence-electron chi connectivity index (χ3n) is 3.94. The van der Waals surface area contributed by atoms with E-state index < -0.39 is 0 Å². The molecule has 1 unspecified atom stereocenters. The van der Waals surface area contributed by atoms with Gasteiger partial charge in [-0.25, -0.2) is 0 Å². The summed E-state index contributed by atoms with van der Waals surface area (Å²) in [4.78, 5) is 26.2. The van der Waals surface area contributed by atoms with Crippen LogP contribution >= 0.6 is 23.2 Å². The molecule has 0 saturated carbocycles. The molecule has 0 spiro atoms. The molecule has 4 nitrogen and oxygen atoms in total. The molecule has 120 valence electrons. The molecule has 1 aromatic rings. The van der Waals surface area contributed by atoms with Crippen molar-refractivity contribution < 1.29 is 9.59 Å². The molecule has 1 atom stereocenters. The average Bonchev–Trinajstić information content (AvgIpc) is 2.50. The largest absolute Gasteiger partial charge is 0.339 e. The van der Waals surface area contributed by atoms with Crippen molar-refractivity contribution in [2.24, 2.45) is 0 Å². The predicted octanol–water partition coefficient (Wildman–Crippen LogP) is 4.11. The summed E-state index contributed by atoms with van der Waals surface area (Å²) >= 11 is 11.8. The second kappa shape index (κ2) is 7.84. The van der Waals surface area contributed by atoms with Gasteiger partial charge < -0.3 is 10.2 Å². The fourth-order valence-electron chi connectivity index (χ4n) is 2.78. The lowest BCUT2D eigenvalue weighted by Crippen LogP contribution is -2.44. The Labute approximate surface area is 140 Å². The number of carbonyl (C=O) groups excluding carboxylic acids is 2. The summed E-state index contributed by atoms with van der Waals surface area (Å²) in [5.41, 5.74) is 0.467. The predicted molar refractivity (Wildman–Crippen MR) is 89.4 cm³/mol. The average molecular weight is 343 g/mol. The van der Waals surface area contributed by atoms with Gasteiger partial charge in [-0.3, -0.25) is 9.59 Å². The topological polar surface area (TPSA) is 49.4 Å². The quantitative estimate of drug-likeness (QED) is 0.837. The van der Waals surface area contributed by atoms with Crippen LogP contribution < -0.4 is 5.32 Å². The van der Waals surface area contributed by atoms with E-state index in [0.717, 1.165) is 32.2 Å². The Kier molecular flexibility index (Phi) is 6.09. The van der Waals surface area contributed by atoms with Crippen molar-refractivity contribution in [1.29, 1.82) is 0 Å². The molecule has 0 aromatic heterocycles. The van der Waals surface area contributed by atoms with Gasteiger partial charge in [-0.1, -0.05) is 30.1 Å². The highest BCUT2D eigenvalue weighted by Gasteiger charge is 2.26. The first-order chi connectivity index (χ1) is 10.5. The first-order valence-electron chi connectivity index (χ1n) is 7.55. The number of anilines is 1. The van der Waals surface area contributed by atoms with E-state index in [2.05, 4.69) is 12.2 Å². The van der Waals surface area contributed by atoms with Crippen LogP contribution in [0.2, 0.25) is 10.0 Å². The van der Waals surface area contributed by atoms with Crippen LogP contribution in [0.5, 0.6) is 0 Å². The monoisotopic (exact) mass is 342 g/mol. The van der Waals surface area contributed by atoms with Crippen molar-refractivity contribution >= 4 is 40.7 Å². The van der Waals surface area contributed by atoms with E-state index in [4.69, 9.17) is 23.2 Å². The summed E-state index contributed by atoms with van der Waals surface area (Å²) in [7, 11) is 0. The SMILES string of the molecule is CCC1CCCCN1C(=O)CC(=O)Nc1ccc(Cl)cc1Cl. The number of nitrogens with zero attached hydrogens (tertiary/aromatic N) is 1. The Hall–Kier alpha value is -1.26. The zero-order valence-corrected chi connectivity index (χ0v) is 14.1. The normalized spacial score (nSPS) is 18.1. The molecule has 2 rings (SSSR count). The van der Waals surface area contributed by atoms with Gasteiger partial charge in [0.25, 0.3) is 0 Å². The zero-order chi connectivity index (χ0) is 16.1. The van der Waals surface area contributed by atoms with Gasteiger partial charge >= 0.3 is 0 Å². The van der Waals surface area contributed by atoms with Gasteiger partial charge in [0.2, 0.25) is 11.8 Å². The van der Waals surface area contributed by atoms with Gasteiger partial charge in [0.05, 0.1) is 10.7 Å². The molecule has 1 aromatic carbocycles. The van der Waals surface area contributed by atoms with Crippen molar-refractivity contribution in [2.45, 2.75) is 45.1 Å². The lowest BCUT2D eigenvalue weighted by atomic mass is 9.99. The third-order valence-corrected chi connectivity index (χ3v) is 4.48. The number of amides is 2.